The minimum Gasteiger partial charge on any atom is -0.444 e. The second kappa shape index (κ2) is 7.56. The third kappa shape index (κ3) is 4.20. The molecule has 4 heteroatoms. The van der Waals surface area contributed by atoms with Crippen molar-refractivity contribution in [1.82, 2.24) is 4.98 Å². The number of nitrogens with one attached hydrogen (secondary N) is 1. The van der Waals surface area contributed by atoms with Crippen LogP contribution in [-0.4, -0.2) is 10.9 Å². The molecule has 1 N–H and O–H groups in total. The van der Waals surface area contributed by atoms with Crippen molar-refractivity contribution in [3.8, 4) is 22.7 Å². The molecule has 4 nitrogen and oxygen atoms in total. The van der Waals surface area contributed by atoms with Gasteiger partial charge in [0.25, 0.3) is 0 Å². The largest absolute Gasteiger partial charge is 0.444 e. The lowest BCUT2D eigenvalue weighted by Crippen LogP contribution is -2.13. The smallest absolute Gasteiger partial charge is 0.226 e. The molecule has 3 rings (SSSR count). The summed E-state index contributed by atoms with van der Waals surface area (Å²) in [6.07, 6.45) is 2.20. The van der Waals surface area contributed by atoms with Crippen molar-refractivity contribution in [1.29, 1.82) is 0 Å². The summed E-state index contributed by atoms with van der Waals surface area (Å²) >= 11 is 0. The molecule has 0 unspecified atom stereocenters. The van der Waals surface area contributed by atoms with Crippen molar-refractivity contribution in [2.24, 2.45) is 5.92 Å². The van der Waals surface area contributed by atoms with E-state index in [-0.39, 0.29) is 5.91 Å². The van der Waals surface area contributed by atoms with Gasteiger partial charge < -0.3 is 9.73 Å². The van der Waals surface area contributed by atoms with E-state index in [0.29, 0.717) is 18.2 Å². The summed E-state index contributed by atoms with van der Waals surface area (Å²) in [5.74, 6) is 0.936. The number of nitrogens with zero attached hydrogens (tertiary/aromatic N) is 1. The normalized spacial score (nSPS) is 11.0. The topological polar surface area (TPSA) is 55.1 Å². The average Bonchev–Trinajstić information content (AvgIpc) is 3.04. The van der Waals surface area contributed by atoms with Gasteiger partial charge in [-0.1, -0.05) is 37.6 Å². The molecular weight excluding hydrogens is 324 g/mol. The van der Waals surface area contributed by atoms with Gasteiger partial charge in [-0.3, -0.25) is 4.79 Å². The molecule has 0 saturated carbocycles. The standard InChI is InChI=1S/C22H24N2O2/c1-14(2)11-21(25)23-18-8-6-17(7-9-18)22-24-20(13-26-22)19-10-5-15(3)12-16(19)4/h5-10,12-14H,11H2,1-4H3,(H,23,25). The van der Waals surface area contributed by atoms with Crippen LogP contribution in [0.5, 0.6) is 0 Å². The minimum atomic E-state index is 0.0287. The Morgan fingerprint density at radius 3 is 2.50 bits per heavy atom. The van der Waals surface area contributed by atoms with Crippen molar-refractivity contribution < 1.29 is 9.21 Å². The zero-order valence-corrected chi connectivity index (χ0v) is 15.7. The number of aryl methyl sites for hydroxylation is 2. The first-order valence-electron chi connectivity index (χ1n) is 8.86. The number of rotatable bonds is 5. The molecule has 0 bridgehead atoms. The second-order valence-electron chi connectivity index (χ2n) is 7.08. The summed E-state index contributed by atoms with van der Waals surface area (Å²) in [5, 5.41) is 2.91. The number of hydrogen-bond donors (Lipinski definition) is 1. The molecule has 0 aliphatic heterocycles. The number of benzene rings is 2. The van der Waals surface area contributed by atoms with E-state index >= 15 is 0 Å². The molecule has 0 atom stereocenters. The first-order valence-corrected chi connectivity index (χ1v) is 8.86. The van der Waals surface area contributed by atoms with E-state index in [1.54, 1.807) is 6.26 Å². The van der Waals surface area contributed by atoms with Gasteiger partial charge in [-0.25, -0.2) is 4.98 Å². The van der Waals surface area contributed by atoms with Crippen LogP contribution in [0.3, 0.4) is 0 Å². The van der Waals surface area contributed by atoms with Gasteiger partial charge >= 0.3 is 0 Å². The summed E-state index contributed by atoms with van der Waals surface area (Å²) in [4.78, 5) is 16.5. The molecule has 0 aliphatic rings. The van der Waals surface area contributed by atoms with Crippen molar-refractivity contribution in [3.63, 3.8) is 0 Å². The highest BCUT2D eigenvalue weighted by molar-refractivity contribution is 5.91. The predicted molar refractivity (Wildman–Crippen MR) is 105 cm³/mol. The first-order chi connectivity index (χ1) is 12.4. The van der Waals surface area contributed by atoms with Gasteiger partial charge in [-0.15, -0.1) is 0 Å². The van der Waals surface area contributed by atoms with Gasteiger partial charge in [0.15, 0.2) is 0 Å². The van der Waals surface area contributed by atoms with Crippen LogP contribution in [0.2, 0.25) is 0 Å². The summed E-state index contributed by atoms with van der Waals surface area (Å²) in [6.45, 7) is 8.20. The SMILES string of the molecule is Cc1ccc(-c2coc(-c3ccc(NC(=O)CC(C)C)cc3)n2)c(C)c1. The Morgan fingerprint density at radius 2 is 1.85 bits per heavy atom. The molecule has 0 aliphatic carbocycles. The Balaban J connectivity index is 1.76. The maximum absolute atomic E-state index is 11.9. The molecule has 1 aromatic heterocycles. The quantitative estimate of drug-likeness (QED) is 0.652. The number of amides is 1. The third-order valence-corrected chi connectivity index (χ3v) is 4.17. The van der Waals surface area contributed by atoms with Crippen molar-refractivity contribution in [3.05, 3.63) is 59.9 Å². The van der Waals surface area contributed by atoms with Gasteiger partial charge in [-0.05, 0) is 49.6 Å². The van der Waals surface area contributed by atoms with E-state index < -0.39 is 0 Å². The zero-order chi connectivity index (χ0) is 18.7. The highest BCUT2D eigenvalue weighted by atomic mass is 16.3. The highest BCUT2D eigenvalue weighted by Gasteiger charge is 2.11. The van der Waals surface area contributed by atoms with Gasteiger partial charge in [0.2, 0.25) is 11.8 Å². The van der Waals surface area contributed by atoms with E-state index in [1.807, 2.05) is 38.1 Å². The van der Waals surface area contributed by atoms with Crippen LogP contribution >= 0.6 is 0 Å². The third-order valence-electron chi connectivity index (χ3n) is 4.17. The predicted octanol–water partition coefficient (Wildman–Crippen LogP) is 5.61. The Hall–Kier alpha value is -2.88. The Labute approximate surface area is 154 Å². The monoisotopic (exact) mass is 348 g/mol. The van der Waals surface area contributed by atoms with Crippen molar-refractivity contribution in [2.45, 2.75) is 34.1 Å². The van der Waals surface area contributed by atoms with E-state index in [0.717, 1.165) is 22.5 Å². The van der Waals surface area contributed by atoms with Crippen LogP contribution in [0.1, 0.15) is 31.4 Å². The lowest BCUT2D eigenvalue weighted by molar-refractivity contribution is -0.116. The summed E-state index contributed by atoms with van der Waals surface area (Å²) < 4.78 is 5.67. The molecule has 0 saturated heterocycles. The number of carbonyl (C=O) groups excluding carboxylic acids is 1. The molecule has 3 aromatic rings. The van der Waals surface area contributed by atoms with Gasteiger partial charge in [-0.2, -0.15) is 0 Å². The Morgan fingerprint density at radius 1 is 1.12 bits per heavy atom. The molecule has 1 amide bonds. The molecule has 26 heavy (non-hydrogen) atoms. The summed E-state index contributed by atoms with van der Waals surface area (Å²) in [6, 6.07) is 13.8. The Bertz CT molecular complexity index is 908. The fourth-order valence-corrected chi connectivity index (χ4v) is 2.91. The van der Waals surface area contributed by atoms with E-state index in [1.165, 1.54) is 11.1 Å². The minimum absolute atomic E-state index is 0.0287. The van der Waals surface area contributed by atoms with Gasteiger partial charge in [0.05, 0.1) is 0 Å². The second-order valence-corrected chi connectivity index (χ2v) is 7.08. The van der Waals surface area contributed by atoms with Crippen LogP contribution in [0.15, 0.2) is 53.1 Å². The van der Waals surface area contributed by atoms with E-state index in [9.17, 15) is 4.79 Å². The lowest BCUT2D eigenvalue weighted by Gasteiger charge is -2.07. The van der Waals surface area contributed by atoms with Crippen LogP contribution < -0.4 is 5.32 Å². The molecule has 134 valence electrons. The molecule has 0 fully saturated rings. The summed E-state index contributed by atoms with van der Waals surface area (Å²) in [7, 11) is 0. The number of oxazole rings is 1. The number of aromatic nitrogens is 1. The van der Waals surface area contributed by atoms with E-state index in [4.69, 9.17) is 4.42 Å². The Kier molecular flexibility index (Phi) is 5.21. The molecule has 0 spiro atoms. The number of hydrogen-bond acceptors (Lipinski definition) is 3. The van der Waals surface area contributed by atoms with Crippen molar-refractivity contribution in [2.75, 3.05) is 5.32 Å². The van der Waals surface area contributed by atoms with E-state index in [2.05, 4.69) is 42.3 Å². The fourth-order valence-electron chi connectivity index (χ4n) is 2.91. The van der Waals surface area contributed by atoms with Crippen molar-refractivity contribution >= 4 is 11.6 Å². The molecular formula is C22H24N2O2. The summed E-state index contributed by atoms with van der Waals surface area (Å²) in [5.41, 5.74) is 5.96. The van der Waals surface area contributed by atoms with Crippen LogP contribution in [0.4, 0.5) is 5.69 Å². The van der Waals surface area contributed by atoms with Gasteiger partial charge in [0, 0.05) is 23.2 Å². The average molecular weight is 348 g/mol. The molecule has 1 heterocycles. The first kappa shape index (κ1) is 17.9. The fraction of sp³-hybridized carbons (Fsp3) is 0.273. The lowest BCUT2D eigenvalue weighted by atomic mass is 10.0. The maximum Gasteiger partial charge on any atom is 0.226 e. The molecule has 2 aromatic carbocycles. The van der Waals surface area contributed by atoms with Gasteiger partial charge in [0.1, 0.15) is 12.0 Å². The zero-order valence-electron chi connectivity index (χ0n) is 15.7. The maximum atomic E-state index is 11.9. The van der Waals surface area contributed by atoms with Crippen LogP contribution in [0, 0.1) is 19.8 Å². The number of carbonyl (C=O) groups is 1. The number of anilines is 1. The van der Waals surface area contributed by atoms with Crippen LogP contribution in [0.25, 0.3) is 22.7 Å². The highest BCUT2D eigenvalue weighted by Crippen LogP contribution is 2.28. The van der Waals surface area contributed by atoms with Crippen LogP contribution in [-0.2, 0) is 4.79 Å². The molecule has 0 radical (unpaired) electrons.